The van der Waals surface area contributed by atoms with Gasteiger partial charge in [0.2, 0.25) is 0 Å². The van der Waals surface area contributed by atoms with Gasteiger partial charge in [0.05, 0.1) is 0 Å². The van der Waals surface area contributed by atoms with E-state index in [4.69, 9.17) is 0 Å². The Morgan fingerprint density at radius 1 is 0.571 bits per heavy atom. The van der Waals surface area contributed by atoms with Crippen molar-refractivity contribution in [1.82, 2.24) is 0 Å². The molecule has 4 rings (SSSR count). The summed E-state index contributed by atoms with van der Waals surface area (Å²) in [5.74, 6) is 0. The summed E-state index contributed by atoms with van der Waals surface area (Å²) >= 11 is -0.238. The van der Waals surface area contributed by atoms with Crippen LogP contribution in [0.5, 0.6) is 0 Å². The van der Waals surface area contributed by atoms with E-state index in [1.165, 1.54) is 61.5 Å². The van der Waals surface area contributed by atoms with E-state index in [0.717, 1.165) is 8.45 Å². The molecule has 0 aliphatic heterocycles. The summed E-state index contributed by atoms with van der Waals surface area (Å²) in [7, 11) is 0.0000707. The van der Waals surface area contributed by atoms with Gasteiger partial charge < -0.3 is 9.41 Å². The first-order valence-corrected chi connectivity index (χ1v) is 18.3. The van der Waals surface area contributed by atoms with Gasteiger partial charge in [-0.15, -0.1) is 0 Å². The summed E-state index contributed by atoms with van der Waals surface area (Å²) in [6.45, 7) is 9.54. The minimum Gasteiger partial charge on any atom is -1.00 e. The number of hydrogen-bond donors (Lipinski definition) is 0. The molecule has 2 unspecified atom stereocenters. The van der Waals surface area contributed by atoms with Crippen molar-refractivity contribution in [2.45, 2.75) is 61.8 Å². The van der Waals surface area contributed by atoms with Crippen LogP contribution in [0.3, 0.4) is 0 Å². The van der Waals surface area contributed by atoms with Gasteiger partial charge in [-0.3, -0.25) is 0 Å². The van der Waals surface area contributed by atoms with Crippen LogP contribution in [-0.2, 0) is 19.2 Å². The minimum absolute atomic E-state index is 0. The maximum Gasteiger partial charge on any atom is -1.00 e. The molecule has 0 nitrogen and oxygen atoms in total. The van der Waals surface area contributed by atoms with Gasteiger partial charge in [0.15, 0.2) is 0 Å². The third-order valence-electron chi connectivity index (χ3n) is 6.85. The fraction of sp³-hybridized carbons (Fsp3) is 0.467. The summed E-state index contributed by atoms with van der Waals surface area (Å²) < 4.78 is 1.45. The Morgan fingerprint density at radius 3 is 1.26 bits per heavy atom. The first-order valence-electron chi connectivity index (χ1n) is 13.1. The Hall–Kier alpha value is -0.646. The summed E-state index contributed by atoms with van der Waals surface area (Å²) in [6, 6.07) is 18.8. The van der Waals surface area contributed by atoms with Crippen LogP contribution in [0.4, 0.5) is 0 Å². The molecule has 2 atom stereocenters. The van der Waals surface area contributed by atoms with Crippen molar-refractivity contribution in [2.24, 2.45) is 0 Å². The molecule has 2 aromatic rings. The van der Waals surface area contributed by atoms with Gasteiger partial charge in [0, 0.05) is 0 Å². The molecule has 0 bridgehead atoms. The quantitative estimate of drug-likeness (QED) is 0.279. The minimum atomic E-state index is -0.238. The maximum absolute atomic E-state index is 2.64. The number of halogens is 2. The predicted octanol–water partition coefficient (Wildman–Crippen LogP) is 3.87. The zero-order valence-corrected chi connectivity index (χ0v) is 25.1. The molecule has 2 aliphatic rings. The summed E-state index contributed by atoms with van der Waals surface area (Å²) in [5, 5.41) is 3.71. The fourth-order valence-electron chi connectivity index (χ4n) is 5.50. The van der Waals surface area contributed by atoms with Crippen LogP contribution >= 0.6 is 15.8 Å². The number of allylic oxidation sites excluding steroid dienone is 2. The van der Waals surface area contributed by atoms with Gasteiger partial charge in [-0.2, -0.15) is 0 Å². The van der Waals surface area contributed by atoms with Gasteiger partial charge in [-0.1, -0.05) is 0 Å². The van der Waals surface area contributed by atoms with Crippen molar-refractivity contribution in [3.05, 3.63) is 81.4 Å². The summed E-state index contributed by atoms with van der Waals surface area (Å²) in [6.07, 6.45) is 16.2. The average molecular weight is 548 g/mol. The van der Waals surface area contributed by atoms with Crippen LogP contribution in [0.15, 0.2) is 59.2 Å². The SMILES string of the molecule is CCCP(CCC)C1=Cc2ccccc2[CH]1[Ti+2][CH]1C(P(CCC)CCC)=Cc2ccccc21.[F-].[F-]. The van der Waals surface area contributed by atoms with Gasteiger partial charge in [0.25, 0.3) is 0 Å². The topological polar surface area (TPSA) is 0 Å². The van der Waals surface area contributed by atoms with Crippen molar-refractivity contribution >= 4 is 28.0 Å². The molecule has 0 N–H and O–H groups in total. The fourth-order valence-corrected chi connectivity index (χ4v) is 15.8. The first-order chi connectivity index (χ1) is 16.2. The van der Waals surface area contributed by atoms with Crippen molar-refractivity contribution in [3.8, 4) is 0 Å². The van der Waals surface area contributed by atoms with Crippen molar-refractivity contribution in [2.75, 3.05) is 24.6 Å². The summed E-state index contributed by atoms with van der Waals surface area (Å²) in [4.78, 5) is 0. The van der Waals surface area contributed by atoms with Crippen molar-refractivity contribution in [1.29, 1.82) is 0 Å². The molecule has 0 radical (unpaired) electrons. The average Bonchev–Trinajstić information content (AvgIpc) is 3.38. The van der Waals surface area contributed by atoms with Gasteiger partial charge in [-0.05, 0) is 0 Å². The zero-order chi connectivity index (χ0) is 23.2. The Bertz CT molecular complexity index is 912. The zero-order valence-electron chi connectivity index (χ0n) is 21.7. The molecule has 0 fully saturated rings. The first kappa shape index (κ1) is 30.6. The van der Waals surface area contributed by atoms with E-state index in [1.54, 1.807) is 11.1 Å². The van der Waals surface area contributed by atoms with Gasteiger partial charge in [0.1, 0.15) is 0 Å². The van der Waals surface area contributed by atoms with Crippen LogP contribution in [-0.4, -0.2) is 24.6 Å². The molecule has 0 spiro atoms. The molecule has 0 aromatic heterocycles. The van der Waals surface area contributed by atoms with E-state index >= 15 is 0 Å². The van der Waals surface area contributed by atoms with Crippen molar-refractivity contribution < 1.29 is 28.6 Å². The standard InChI is InChI=1S/2C15H20P.2FH.Ti/c2*1-3-9-16(10-4-2)15-11-13-7-5-6-8-14(13)12-15;;;/h2*5-8,11-12H,3-4,9-10H2,1-2H3;2*1H;/q;;;;+2/p-2. The van der Waals surface area contributed by atoms with Crippen molar-refractivity contribution in [3.63, 3.8) is 0 Å². The number of benzene rings is 2. The predicted molar refractivity (Wildman–Crippen MR) is 149 cm³/mol. The van der Waals surface area contributed by atoms with Crippen LogP contribution < -0.4 is 9.41 Å². The Balaban J connectivity index is 0.00000216. The molecule has 0 heterocycles. The van der Waals surface area contributed by atoms with E-state index in [2.05, 4.69) is 88.4 Å². The van der Waals surface area contributed by atoms with Crippen LogP contribution in [0.2, 0.25) is 0 Å². The molecule has 0 saturated heterocycles. The Morgan fingerprint density at radius 2 is 0.914 bits per heavy atom. The number of rotatable bonds is 12. The molecular weight excluding hydrogens is 508 g/mol. The Labute approximate surface area is 223 Å². The molecule has 5 heteroatoms. The monoisotopic (exact) mass is 548 g/mol. The number of fused-ring (bicyclic) bond motifs is 2. The van der Waals surface area contributed by atoms with Gasteiger partial charge in [-0.25, -0.2) is 0 Å². The van der Waals surface area contributed by atoms with E-state index in [1.807, 2.05) is 10.6 Å². The molecule has 2 aliphatic carbocycles. The third-order valence-corrected chi connectivity index (χ3v) is 16.8. The summed E-state index contributed by atoms with van der Waals surface area (Å²) in [5.41, 5.74) is 6.38. The largest absolute Gasteiger partial charge is 1.00 e. The van der Waals surface area contributed by atoms with E-state index < -0.39 is 0 Å². The van der Waals surface area contributed by atoms with Crippen LogP contribution in [0, 0.1) is 0 Å². The second-order valence-electron chi connectivity index (χ2n) is 9.40. The maximum atomic E-state index is 2.64. The smallest absolute Gasteiger partial charge is 1.00 e. The molecular formula is C30H40F2P2Ti. The number of hydrogen-bond acceptors (Lipinski definition) is 0. The molecule has 2 aromatic carbocycles. The van der Waals surface area contributed by atoms with E-state index in [9.17, 15) is 0 Å². The second kappa shape index (κ2) is 14.9. The normalized spacial score (nSPS) is 17.8. The van der Waals surface area contributed by atoms with Gasteiger partial charge >= 0.3 is 215 Å². The van der Waals surface area contributed by atoms with Crippen LogP contribution in [0.25, 0.3) is 12.2 Å². The molecule has 0 saturated carbocycles. The molecule has 0 amide bonds. The van der Waals surface area contributed by atoms with Crippen LogP contribution in [0.1, 0.15) is 84.1 Å². The van der Waals surface area contributed by atoms with E-state index in [-0.39, 0.29) is 44.4 Å². The van der Waals surface area contributed by atoms with E-state index in [0.29, 0.717) is 0 Å². The molecule has 188 valence electrons. The molecule has 35 heavy (non-hydrogen) atoms. The Kier molecular flexibility index (Phi) is 13.0. The second-order valence-corrected chi connectivity index (χ2v) is 16.7. The third kappa shape index (κ3) is 6.82.